The number of aromatic nitrogens is 2. The van der Waals surface area contributed by atoms with E-state index >= 15 is 0 Å². The van der Waals surface area contributed by atoms with Gasteiger partial charge in [-0.2, -0.15) is 0 Å². The van der Waals surface area contributed by atoms with Gasteiger partial charge < -0.3 is 4.74 Å². The first-order valence-electron chi connectivity index (χ1n) is 8.71. The summed E-state index contributed by atoms with van der Waals surface area (Å²) in [5.74, 6) is 0.797. The Morgan fingerprint density at radius 3 is 2.74 bits per heavy atom. The number of carbonyl (C=O) groups is 1. The average molecular weight is 366 g/mol. The van der Waals surface area contributed by atoms with E-state index in [1.54, 1.807) is 25.3 Å². The number of hydrazine groups is 1. The van der Waals surface area contributed by atoms with Crippen molar-refractivity contribution in [2.24, 2.45) is 0 Å². The first-order chi connectivity index (χ1) is 13.0. The Hall–Kier alpha value is -3.35. The Kier molecular flexibility index (Phi) is 5.40. The lowest BCUT2D eigenvalue weighted by atomic mass is 10.1. The van der Waals surface area contributed by atoms with Crippen LogP contribution in [0.5, 0.6) is 5.75 Å². The maximum Gasteiger partial charge on any atom is 0.262 e. The number of hydrogen-bond acceptors (Lipinski definition) is 5. The molecule has 1 heterocycles. The second-order valence-corrected chi connectivity index (χ2v) is 6.16. The molecule has 0 bridgehead atoms. The van der Waals surface area contributed by atoms with E-state index in [-0.39, 0.29) is 17.9 Å². The first kappa shape index (κ1) is 18.4. The molecule has 27 heavy (non-hydrogen) atoms. The number of hydrogen-bond donors (Lipinski definition) is 2. The molecule has 0 fully saturated rings. The highest BCUT2D eigenvalue weighted by Crippen LogP contribution is 2.19. The molecule has 1 aromatic heterocycles. The predicted octanol–water partition coefficient (Wildman–Crippen LogP) is 2.42. The van der Waals surface area contributed by atoms with E-state index in [0.29, 0.717) is 23.4 Å². The number of fused-ring (bicyclic) bond motifs is 1. The molecule has 3 rings (SSSR count). The van der Waals surface area contributed by atoms with Gasteiger partial charge in [0, 0.05) is 6.54 Å². The Bertz CT molecular complexity index is 1040. The molecule has 0 radical (unpaired) electrons. The zero-order valence-electron chi connectivity index (χ0n) is 15.6. The van der Waals surface area contributed by atoms with Crippen LogP contribution in [0.1, 0.15) is 18.1 Å². The highest BCUT2D eigenvalue weighted by molar-refractivity contribution is 5.81. The summed E-state index contributed by atoms with van der Waals surface area (Å²) >= 11 is 0. The fraction of sp³-hybridized carbons (Fsp3) is 0.250. The third kappa shape index (κ3) is 3.92. The summed E-state index contributed by atoms with van der Waals surface area (Å²) in [5, 5.41) is 0.544. The van der Waals surface area contributed by atoms with Gasteiger partial charge in [-0.15, -0.1) is 0 Å². The van der Waals surface area contributed by atoms with Crippen LogP contribution in [0.2, 0.25) is 0 Å². The number of amides is 1. The molecule has 1 amide bonds. The van der Waals surface area contributed by atoms with E-state index in [2.05, 4.69) is 15.8 Å². The van der Waals surface area contributed by atoms with Gasteiger partial charge in [0.05, 0.1) is 24.4 Å². The van der Waals surface area contributed by atoms with Crippen LogP contribution >= 0.6 is 0 Å². The van der Waals surface area contributed by atoms with Gasteiger partial charge in [-0.1, -0.05) is 24.3 Å². The summed E-state index contributed by atoms with van der Waals surface area (Å²) < 4.78 is 6.77. The van der Waals surface area contributed by atoms with E-state index in [1.165, 1.54) is 4.57 Å². The minimum absolute atomic E-state index is 0.150. The zero-order chi connectivity index (χ0) is 19.4. The maximum atomic E-state index is 12.6. The second-order valence-electron chi connectivity index (χ2n) is 6.16. The summed E-state index contributed by atoms with van der Waals surface area (Å²) in [7, 11) is 1.60. The molecule has 0 aliphatic rings. The molecule has 2 N–H and O–H groups in total. The molecule has 0 atom stereocenters. The average Bonchev–Trinajstić information content (AvgIpc) is 2.68. The quantitative estimate of drug-likeness (QED) is 0.655. The van der Waals surface area contributed by atoms with E-state index in [0.717, 1.165) is 16.9 Å². The van der Waals surface area contributed by atoms with Crippen molar-refractivity contribution in [2.75, 3.05) is 12.5 Å². The number of aryl methyl sites for hydroxylation is 1. The summed E-state index contributed by atoms with van der Waals surface area (Å²) in [4.78, 5) is 29.3. The highest BCUT2D eigenvalue weighted by atomic mass is 16.5. The van der Waals surface area contributed by atoms with Crippen LogP contribution in [0, 0.1) is 6.92 Å². The third-order valence-corrected chi connectivity index (χ3v) is 4.33. The minimum atomic E-state index is -0.244. The molecule has 140 valence electrons. The largest absolute Gasteiger partial charge is 0.496 e. The third-order valence-electron chi connectivity index (χ3n) is 4.33. The molecule has 0 unspecified atom stereocenters. The van der Waals surface area contributed by atoms with Crippen molar-refractivity contribution in [3.05, 3.63) is 63.9 Å². The molecule has 3 aromatic rings. The molecule has 0 saturated heterocycles. The van der Waals surface area contributed by atoms with Crippen molar-refractivity contribution in [3.8, 4) is 5.75 Å². The van der Waals surface area contributed by atoms with Gasteiger partial charge in [-0.25, -0.2) is 4.98 Å². The smallest absolute Gasteiger partial charge is 0.262 e. The van der Waals surface area contributed by atoms with Crippen LogP contribution in [0.4, 0.5) is 5.95 Å². The van der Waals surface area contributed by atoms with Gasteiger partial charge in [0.15, 0.2) is 0 Å². The van der Waals surface area contributed by atoms with Crippen LogP contribution < -0.4 is 21.1 Å². The standard InChI is InChI=1S/C20H22N4O3/c1-4-24-19(26)15-7-5-6-8-16(15)21-20(24)23-22-18(25)12-14-10-9-13(2)17(11-14)27-3/h5-11H,4,12H2,1-3H3,(H,21,23)(H,22,25). The molecule has 7 heteroatoms. The monoisotopic (exact) mass is 366 g/mol. The lowest BCUT2D eigenvalue weighted by Crippen LogP contribution is -2.35. The van der Waals surface area contributed by atoms with Gasteiger partial charge in [-0.05, 0) is 43.2 Å². The number of nitrogens with one attached hydrogen (secondary N) is 2. The Labute approximate surface area is 157 Å². The Balaban J connectivity index is 1.76. The van der Waals surface area contributed by atoms with Crippen LogP contribution in [0.25, 0.3) is 10.9 Å². The normalized spacial score (nSPS) is 10.6. The number of ether oxygens (including phenoxy) is 1. The van der Waals surface area contributed by atoms with E-state index in [9.17, 15) is 9.59 Å². The number of benzene rings is 2. The van der Waals surface area contributed by atoms with E-state index < -0.39 is 0 Å². The lowest BCUT2D eigenvalue weighted by Gasteiger charge is -2.14. The molecule has 0 spiro atoms. The number of carbonyl (C=O) groups excluding carboxylic acids is 1. The SMILES string of the molecule is CCn1c(NNC(=O)Cc2ccc(C)c(OC)c2)nc2ccccc2c1=O. The summed E-state index contributed by atoms with van der Waals surface area (Å²) in [5.41, 5.74) is 7.65. The van der Waals surface area contributed by atoms with Gasteiger partial charge in [-0.3, -0.25) is 25.0 Å². The topological polar surface area (TPSA) is 85.2 Å². The maximum absolute atomic E-state index is 12.6. The fourth-order valence-corrected chi connectivity index (χ4v) is 2.89. The van der Waals surface area contributed by atoms with Crippen molar-refractivity contribution in [1.82, 2.24) is 15.0 Å². The van der Waals surface area contributed by atoms with E-state index in [4.69, 9.17) is 4.74 Å². The van der Waals surface area contributed by atoms with Crippen LogP contribution in [0.15, 0.2) is 47.3 Å². The van der Waals surface area contributed by atoms with Crippen molar-refractivity contribution >= 4 is 22.8 Å². The van der Waals surface area contributed by atoms with Gasteiger partial charge in [0.1, 0.15) is 5.75 Å². The van der Waals surface area contributed by atoms with Crippen molar-refractivity contribution in [2.45, 2.75) is 26.8 Å². The molecule has 0 aliphatic heterocycles. The first-order valence-corrected chi connectivity index (χ1v) is 8.71. The number of rotatable bonds is 6. The number of para-hydroxylation sites is 1. The molecular formula is C20H22N4O3. The van der Waals surface area contributed by atoms with Crippen LogP contribution in [-0.2, 0) is 17.8 Å². The molecule has 7 nitrogen and oxygen atoms in total. The number of methoxy groups -OCH3 is 1. The molecular weight excluding hydrogens is 344 g/mol. The summed E-state index contributed by atoms with van der Waals surface area (Å²) in [6.07, 6.45) is 0.174. The number of anilines is 1. The van der Waals surface area contributed by atoms with Gasteiger partial charge in [0.2, 0.25) is 11.9 Å². The van der Waals surface area contributed by atoms with Gasteiger partial charge in [0.25, 0.3) is 5.56 Å². The van der Waals surface area contributed by atoms with Crippen LogP contribution in [-0.4, -0.2) is 22.6 Å². The summed E-state index contributed by atoms with van der Waals surface area (Å²) in [6, 6.07) is 12.8. The van der Waals surface area contributed by atoms with E-state index in [1.807, 2.05) is 38.1 Å². The number of nitrogens with zero attached hydrogens (tertiary/aromatic N) is 2. The fourth-order valence-electron chi connectivity index (χ4n) is 2.89. The lowest BCUT2D eigenvalue weighted by molar-refractivity contribution is -0.119. The van der Waals surface area contributed by atoms with Gasteiger partial charge >= 0.3 is 0 Å². The Morgan fingerprint density at radius 1 is 1.22 bits per heavy atom. The predicted molar refractivity (Wildman–Crippen MR) is 105 cm³/mol. The van der Waals surface area contributed by atoms with Crippen LogP contribution in [0.3, 0.4) is 0 Å². The minimum Gasteiger partial charge on any atom is -0.496 e. The molecule has 0 aliphatic carbocycles. The molecule has 0 saturated carbocycles. The Morgan fingerprint density at radius 2 is 2.00 bits per heavy atom. The van der Waals surface area contributed by atoms with Crippen molar-refractivity contribution in [1.29, 1.82) is 0 Å². The highest BCUT2D eigenvalue weighted by Gasteiger charge is 2.11. The van der Waals surface area contributed by atoms with Crippen molar-refractivity contribution in [3.63, 3.8) is 0 Å². The van der Waals surface area contributed by atoms with Crippen molar-refractivity contribution < 1.29 is 9.53 Å². The summed E-state index contributed by atoms with van der Waals surface area (Å²) in [6.45, 7) is 4.23. The molecule has 2 aromatic carbocycles. The zero-order valence-corrected chi connectivity index (χ0v) is 15.6. The second kappa shape index (κ2) is 7.90.